The molecule has 0 saturated heterocycles. The van der Waals surface area contributed by atoms with Crippen LogP contribution < -0.4 is 10.6 Å². The van der Waals surface area contributed by atoms with Gasteiger partial charge in [-0.3, -0.25) is 4.79 Å². The number of thiophene rings is 1. The molecule has 3 rings (SSSR count). The monoisotopic (exact) mass is 368 g/mol. The molecule has 0 unspecified atom stereocenters. The van der Waals surface area contributed by atoms with Gasteiger partial charge in [-0.15, -0.1) is 11.3 Å². The Morgan fingerprint density at radius 3 is 2.62 bits per heavy atom. The van der Waals surface area contributed by atoms with Crippen molar-refractivity contribution < 1.29 is 4.79 Å². The lowest BCUT2D eigenvalue weighted by Gasteiger charge is -2.14. The molecule has 6 heteroatoms. The molecular weight excluding hydrogens is 344 g/mol. The second kappa shape index (κ2) is 7.83. The van der Waals surface area contributed by atoms with Gasteiger partial charge in [0.25, 0.3) is 0 Å². The quantitative estimate of drug-likeness (QED) is 0.691. The molecule has 2 N–H and O–H groups in total. The SMILES string of the molecule is Cc1nc(NCC(=O)NC[C@H](C)c2ccccc2)c2c(C)c(C)sc2n1. The largest absolute Gasteiger partial charge is 0.360 e. The lowest BCUT2D eigenvalue weighted by atomic mass is 10.0. The molecule has 0 aliphatic heterocycles. The van der Waals surface area contributed by atoms with E-state index in [1.807, 2.05) is 25.1 Å². The Morgan fingerprint density at radius 2 is 1.88 bits per heavy atom. The van der Waals surface area contributed by atoms with Crippen LogP contribution in [0, 0.1) is 20.8 Å². The number of aromatic nitrogens is 2. The first-order chi connectivity index (χ1) is 12.5. The summed E-state index contributed by atoms with van der Waals surface area (Å²) in [6.45, 7) is 8.94. The zero-order valence-electron chi connectivity index (χ0n) is 15.6. The van der Waals surface area contributed by atoms with Crippen LogP contribution in [0.1, 0.15) is 34.7 Å². The van der Waals surface area contributed by atoms with E-state index in [9.17, 15) is 4.79 Å². The number of nitrogens with one attached hydrogen (secondary N) is 2. The van der Waals surface area contributed by atoms with Gasteiger partial charge in [0.1, 0.15) is 16.5 Å². The van der Waals surface area contributed by atoms with Gasteiger partial charge in [-0.25, -0.2) is 9.97 Å². The van der Waals surface area contributed by atoms with Crippen LogP contribution >= 0.6 is 11.3 Å². The first kappa shape index (κ1) is 18.3. The minimum atomic E-state index is -0.0400. The Kier molecular flexibility index (Phi) is 5.52. The van der Waals surface area contributed by atoms with Crippen LogP contribution in [-0.4, -0.2) is 29.0 Å². The molecule has 3 aromatic rings. The summed E-state index contributed by atoms with van der Waals surface area (Å²) in [4.78, 5) is 23.4. The molecule has 0 aliphatic carbocycles. The molecule has 0 bridgehead atoms. The molecule has 0 fully saturated rings. The van der Waals surface area contributed by atoms with Crippen molar-refractivity contribution in [2.45, 2.75) is 33.6 Å². The van der Waals surface area contributed by atoms with Gasteiger partial charge in [-0.05, 0) is 37.8 Å². The van der Waals surface area contributed by atoms with E-state index >= 15 is 0 Å². The summed E-state index contributed by atoms with van der Waals surface area (Å²) < 4.78 is 0. The molecule has 0 saturated carbocycles. The zero-order chi connectivity index (χ0) is 18.7. The highest BCUT2D eigenvalue weighted by Crippen LogP contribution is 2.33. The van der Waals surface area contributed by atoms with Crippen LogP contribution in [-0.2, 0) is 4.79 Å². The molecule has 1 aromatic carbocycles. The lowest BCUT2D eigenvalue weighted by Crippen LogP contribution is -2.32. The Morgan fingerprint density at radius 1 is 1.15 bits per heavy atom. The molecule has 0 spiro atoms. The van der Waals surface area contributed by atoms with Crippen LogP contribution in [0.2, 0.25) is 0 Å². The van der Waals surface area contributed by atoms with Crippen molar-refractivity contribution in [3.8, 4) is 0 Å². The van der Waals surface area contributed by atoms with Crippen molar-refractivity contribution in [2.75, 3.05) is 18.4 Å². The standard InChI is InChI=1S/C20H24N4OS/c1-12(16-8-6-5-7-9-16)10-21-17(25)11-22-19-18-13(2)14(3)26-20(18)24-15(4)23-19/h5-9,12H,10-11H2,1-4H3,(H,21,25)(H,22,23,24)/t12-/m0/s1. The second-order valence-corrected chi connectivity index (χ2v) is 7.76. The van der Waals surface area contributed by atoms with E-state index in [2.05, 4.69) is 53.5 Å². The average molecular weight is 369 g/mol. The number of fused-ring (bicyclic) bond motifs is 1. The van der Waals surface area contributed by atoms with E-state index in [1.165, 1.54) is 16.0 Å². The fourth-order valence-corrected chi connectivity index (χ4v) is 3.95. The molecule has 1 amide bonds. The number of carbonyl (C=O) groups excluding carboxylic acids is 1. The molecule has 136 valence electrons. The molecule has 1 atom stereocenters. The van der Waals surface area contributed by atoms with Gasteiger partial charge >= 0.3 is 0 Å². The predicted octanol–water partition coefficient (Wildman–Crippen LogP) is 3.95. The Hall–Kier alpha value is -2.47. The molecule has 26 heavy (non-hydrogen) atoms. The molecule has 0 aliphatic rings. The summed E-state index contributed by atoms with van der Waals surface area (Å²) in [7, 11) is 0. The summed E-state index contributed by atoms with van der Waals surface area (Å²) in [5.41, 5.74) is 2.39. The Labute approximate surface area is 157 Å². The number of nitrogens with zero attached hydrogens (tertiary/aromatic N) is 2. The first-order valence-electron chi connectivity index (χ1n) is 8.75. The van der Waals surface area contributed by atoms with Crippen LogP contribution in [0.25, 0.3) is 10.2 Å². The Balaban J connectivity index is 1.62. The third-order valence-electron chi connectivity index (χ3n) is 4.53. The smallest absolute Gasteiger partial charge is 0.239 e. The maximum absolute atomic E-state index is 12.2. The van der Waals surface area contributed by atoms with Crippen LogP contribution in [0.3, 0.4) is 0 Å². The lowest BCUT2D eigenvalue weighted by molar-refractivity contribution is -0.119. The molecule has 5 nitrogen and oxygen atoms in total. The predicted molar refractivity (Wildman–Crippen MR) is 108 cm³/mol. The molecule has 2 aromatic heterocycles. The van der Waals surface area contributed by atoms with E-state index in [0.29, 0.717) is 12.4 Å². The summed E-state index contributed by atoms with van der Waals surface area (Å²) in [5.74, 6) is 1.68. The van der Waals surface area contributed by atoms with Gasteiger partial charge in [0.05, 0.1) is 11.9 Å². The summed E-state index contributed by atoms with van der Waals surface area (Å²) in [5, 5.41) is 7.20. The number of anilines is 1. The fraction of sp³-hybridized carbons (Fsp3) is 0.350. The molecular formula is C20H24N4OS. The molecule has 2 heterocycles. The van der Waals surface area contributed by atoms with Gasteiger partial charge in [0.2, 0.25) is 5.91 Å². The van der Waals surface area contributed by atoms with Crippen molar-refractivity contribution >= 4 is 33.3 Å². The zero-order valence-corrected chi connectivity index (χ0v) is 16.4. The van der Waals surface area contributed by atoms with Crippen molar-refractivity contribution in [2.24, 2.45) is 0 Å². The van der Waals surface area contributed by atoms with E-state index in [4.69, 9.17) is 0 Å². The number of rotatable bonds is 6. The third-order valence-corrected chi connectivity index (χ3v) is 5.63. The van der Waals surface area contributed by atoms with Gasteiger partial charge in [0.15, 0.2) is 0 Å². The first-order valence-corrected chi connectivity index (χ1v) is 9.57. The van der Waals surface area contributed by atoms with Gasteiger partial charge in [0, 0.05) is 11.4 Å². The second-order valence-electron chi connectivity index (χ2n) is 6.55. The number of hydrogen-bond donors (Lipinski definition) is 2. The van der Waals surface area contributed by atoms with E-state index in [1.54, 1.807) is 11.3 Å². The number of hydrogen-bond acceptors (Lipinski definition) is 5. The minimum Gasteiger partial charge on any atom is -0.360 e. The summed E-state index contributed by atoms with van der Waals surface area (Å²) >= 11 is 1.66. The van der Waals surface area contributed by atoms with Gasteiger partial charge in [-0.1, -0.05) is 37.3 Å². The van der Waals surface area contributed by atoms with Crippen LogP contribution in [0.5, 0.6) is 0 Å². The van der Waals surface area contributed by atoms with Crippen LogP contribution in [0.4, 0.5) is 5.82 Å². The number of benzene rings is 1. The number of amides is 1. The topological polar surface area (TPSA) is 66.9 Å². The van der Waals surface area contributed by atoms with Crippen LogP contribution in [0.15, 0.2) is 30.3 Å². The maximum atomic E-state index is 12.2. The Bertz CT molecular complexity index is 920. The highest BCUT2D eigenvalue weighted by Gasteiger charge is 2.14. The normalized spacial score (nSPS) is 12.2. The van der Waals surface area contributed by atoms with E-state index < -0.39 is 0 Å². The number of aryl methyl sites for hydroxylation is 3. The van der Waals surface area contributed by atoms with Crippen molar-refractivity contribution in [1.29, 1.82) is 0 Å². The highest BCUT2D eigenvalue weighted by atomic mass is 32.1. The van der Waals surface area contributed by atoms with Crippen molar-refractivity contribution in [3.63, 3.8) is 0 Å². The minimum absolute atomic E-state index is 0.0400. The van der Waals surface area contributed by atoms with Crippen molar-refractivity contribution in [1.82, 2.24) is 15.3 Å². The third kappa shape index (κ3) is 4.02. The van der Waals surface area contributed by atoms with Gasteiger partial charge < -0.3 is 10.6 Å². The molecule has 0 radical (unpaired) electrons. The number of carbonyl (C=O) groups is 1. The van der Waals surface area contributed by atoms with Gasteiger partial charge in [-0.2, -0.15) is 0 Å². The summed E-state index contributed by atoms with van der Waals surface area (Å²) in [6.07, 6.45) is 0. The highest BCUT2D eigenvalue weighted by molar-refractivity contribution is 7.18. The van der Waals surface area contributed by atoms with Crippen molar-refractivity contribution in [3.05, 3.63) is 52.2 Å². The maximum Gasteiger partial charge on any atom is 0.239 e. The average Bonchev–Trinajstić information content (AvgIpc) is 2.92. The fourth-order valence-electron chi connectivity index (χ4n) is 2.88. The van der Waals surface area contributed by atoms with E-state index in [0.717, 1.165) is 16.0 Å². The van der Waals surface area contributed by atoms with E-state index in [-0.39, 0.29) is 18.4 Å². The summed E-state index contributed by atoms with van der Waals surface area (Å²) in [6, 6.07) is 10.2.